The van der Waals surface area contributed by atoms with Gasteiger partial charge in [-0.1, -0.05) is 26.0 Å². The lowest BCUT2D eigenvalue weighted by Crippen LogP contribution is -2.33. The van der Waals surface area contributed by atoms with Gasteiger partial charge in [0.05, 0.1) is 11.0 Å². The summed E-state index contributed by atoms with van der Waals surface area (Å²) in [7, 11) is 0. The van der Waals surface area contributed by atoms with Crippen LogP contribution >= 0.6 is 0 Å². The Labute approximate surface area is 117 Å². The molecule has 0 aliphatic heterocycles. The van der Waals surface area contributed by atoms with Gasteiger partial charge in [-0.3, -0.25) is 14.9 Å². The van der Waals surface area contributed by atoms with Crippen molar-refractivity contribution >= 4 is 11.5 Å². The number of nitro benzene ring substituents is 1. The van der Waals surface area contributed by atoms with Gasteiger partial charge in [0.15, 0.2) is 5.78 Å². The van der Waals surface area contributed by atoms with E-state index in [1.807, 2.05) is 13.8 Å². The molecule has 1 aliphatic rings. The van der Waals surface area contributed by atoms with Gasteiger partial charge in [0.2, 0.25) is 0 Å². The standard InChI is InChI=1S/C15H16N2O3/c1-14(2)6-7-15(10-16,13(14)18)9-11-4-3-5-12(8-11)17(19)20/h3-5,8H,6-7,9H2,1-2H3. The highest BCUT2D eigenvalue weighted by Crippen LogP contribution is 2.47. The maximum absolute atomic E-state index is 12.4. The molecule has 0 amide bonds. The van der Waals surface area contributed by atoms with E-state index in [0.717, 1.165) is 0 Å². The predicted octanol–water partition coefficient (Wildman–Crippen LogP) is 3.04. The van der Waals surface area contributed by atoms with Crippen LogP contribution in [0.2, 0.25) is 0 Å². The lowest BCUT2D eigenvalue weighted by Gasteiger charge is -2.22. The quantitative estimate of drug-likeness (QED) is 0.625. The maximum Gasteiger partial charge on any atom is 0.269 e. The second-order valence-electron chi connectivity index (χ2n) is 6.01. The topological polar surface area (TPSA) is 84.0 Å². The minimum absolute atomic E-state index is 0.0136. The number of nitro groups is 1. The zero-order valence-corrected chi connectivity index (χ0v) is 11.5. The average Bonchev–Trinajstić information content (AvgIpc) is 2.64. The molecule has 5 nitrogen and oxygen atoms in total. The minimum Gasteiger partial charge on any atom is -0.297 e. The molecule has 1 aromatic carbocycles. The van der Waals surface area contributed by atoms with Crippen molar-refractivity contribution in [2.75, 3.05) is 0 Å². The molecular formula is C15H16N2O3. The Bertz CT molecular complexity index is 616. The predicted molar refractivity (Wildman–Crippen MR) is 72.9 cm³/mol. The zero-order chi connectivity index (χ0) is 15.0. The summed E-state index contributed by atoms with van der Waals surface area (Å²) < 4.78 is 0. The van der Waals surface area contributed by atoms with Crippen molar-refractivity contribution in [1.82, 2.24) is 0 Å². The summed E-state index contributed by atoms with van der Waals surface area (Å²) in [5, 5.41) is 20.2. The molecule has 0 bridgehead atoms. The molecule has 2 rings (SSSR count). The van der Waals surface area contributed by atoms with Gasteiger partial charge in [0, 0.05) is 17.5 Å². The first-order valence-corrected chi connectivity index (χ1v) is 6.50. The molecule has 0 saturated heterocycles. The molecule has 0 N–H and O–H groups in total. The Balaban J connectivity index is 2.33. The van der Waals surface area contributed by atoms with Crippen molar-refractivity contribution in [1.29, 1.82) is 5.26 Å². The lowest BCUT2D eigenvalue weighted by atomic mass is 9.77. The van der Waals surface area contributed by atoms with Gasteiger partial charge in [0.25, 0.3) is 5.69 Å². The van der Waals surface area contributed by atoms with Crippen molar-refractivity contribution in [2.45, 2.75) is 33.1 Å². The lowest BCUT2D eigenvalue weighted by molar-refractivity contribution is -0.384. The third-order valence-electron chi connectivity index (χ3n) is 4.07. The van der Waals surface area contributed by atoms with Crippen molar-refractivity contribution in [3.8, 4) is 6.07 Å². The fraction of sp³-hybridized carbons (Fsp3) is 0.467. The van der Waals surface area contributed by atoms with Gasteiger partial charge < -0.3 is 0 Å². The number of carbonyl (C=O) groups excluding carboxylic acids is 1. The van der Waals surface area contributed by atoms with E-state index in [4.69, 9.17) is 0 Å². The van der Waals surface area contributed by atoms with Gasteiger partial charge in [-0.05, 0) is 24.8 Å². The number of hydrogen-bond donors (Lipinski definition) is 0. The third kappa shape index (κ3) is 2.29. The van der Waals surface area contributed by atoms with Crippen molar-refractivity contribution in [2.24, 2.45) is 10.8 Å². The van der Waals surface area contributed by atoms with Crippen LogP contribution in [0.1, 0.15) is 32.3 Å². The minimum atomic E-state index is -1.04. The number of hydrogen-bond acceptors (Lipinski definition) is 4. The van der Waals surface area contributed by atoms with Crippen LogP contribution in [0.15, 0.2) is 24.3 Å². The SMILES string of the molecule is CC1(C)CCC(C#N)(Cc2cccc([N+](=O)[O-])c2)C1=O. The molecule has 0 spiro atoms. The largest absolute Gasteiger partial charge is 0.297 e. The second kappa shape index (κ2) is 4.71. The van der Waals surface area contributed by atoms with E-state index in [0.29, 0.717) is 18.4 Å². The number of non-ortho nitro benzene ring substituents is 1. The van der Waals surface area contributed by atoms with Crippen molar-refractivity contribution in [3.05, 3.63) is 39.9 Å². The van der Waals surface area contributed by atoms with Crippen LogP contribution in [0.3, 0.4) is 0 Å². The monoisotopic (exact) mass is 272 g/mol. The molecule has 104 valence electrons. The molecule has 1 atom stereocenters. The van der Waals surface area contributed by atoms with Crippen LogP contribution < -0.4 is 0 Å². The first-order valence-electron chi connectivity index (χ1n) is 6.50. The van der Waals surface area contributed by atoms with Crippen LogP contribution in [0.25, 0.3) is 0 Å². The molecule has 0 aromatic heterocycles. The van der Waals surface area contributed by atoms with E-state index in [2.05, 4.69) is 6.07 Å². The summed E-state index contributed by atoms with van der Waals surface area (Å²) in [6.45, 7) is 3.70. The molecule has 5 heteroatoms. The van der Waals surface area contributed by atoms with Crippen LogP contribution in [0.4, 0.5) is 5.69 Å². The Kier molecular flexibility index (Phi) is 3.34. The average molecular weight is 272 g/mol. The Morgan fingerprint density at radius 3 is 2.60 bits per heavy atom. The number of carbonyl (C=O) groups is 1. The smallest absolute Gasteiger partial charge is 0.269 e. The summed E-state index contributed by atoms with van der Waals surface area (Å²) in [6, 6.07) is 8.32. The van der Waals surface area contributed by atoms with Gasteiger partial charge in [-0.25, -0.2) is 0 Å². The Morgan fingerprint density at radius 2 is 2.10 bits per heavy atom. The van der Waals surface area contributed by atoms with Gasteiger partial charge >= 0.3 is 0 Å². The van der Waals surface area contributed by atoms with Crippen molar-refractivity contribution in [3.63, 3.8) is 0 Å². The number of nitriles is 1. The summed E-state index contributed by atoms with van der Waals surface area (Å²) in [4.78, 5) is 22.8. The maximum atomic E-state index is 12.4. The Hall–Kier alpha value is -2.22. The number of rotatable bonds is 3. The van der Waals surface area contributed by atoms with Gasteiger partial charge in [-0.15, -0.1) is 0 Å². The first kappa shape index (κ1) is 14.2. The summed E-state index contributed by atoms with van der Waals surface area (Å²) in [6.07, 6.45) is 1.43. The summed E-state index contributed by atoms with van der Waals surface area (Å²) in [5.74, 6) is -0.0565. The molecule has 0 heterocycles. The van der Waals surface area contributed by atoms with Crippen LogP contribution in [-0.2, 0) is 11.2 Å². The first-order chi connectivity index (χ1) is 9.31. The fourth-order valence-corrected chi connectivity index (χ4v) is 2.84. The fourth-order valence-electron chi connectivity index (χ4n) is 2.84. The van der Waals surface area contributed by atoms with Crippen LogP contribution in [0, 0.1) is 32.3 Å². The number of ketones is 1. The van der Waals surface area contributed by atoms with E-state index >= 15 is 0 Å². The van der Waals surface area contributed by atoms with Crippen molar-refractivity contribution < 1.29 is 9.72 Å². The van der Waals surface area contributed by atoms with E-state index in [9.17, 15) is 20.2 Å². The number of Topliss-reactive ketones (excluding diaryl/α,β-unsaturated/α-hetero) is 1. The normalized spacial score (nSPS) is 24.4. The highest BCUT2D eigenvalue weighted by atomic mass is 16.6. The van der Waals surface area contributed by atoms with Crippen LogP contribution in [0.5, 0.6) is 0 Å². The molecule has 1 unspecified atom stereocenters. The third-order valence-corrected chi connectivity index (χ3v) is 4.07. The number of benzene rings is 1. The van der Waals surface area contributed by atoms with E-state index in [-0.39, 0.29) is 17.9 Å². The zero-order valence-electron chi connectivity index (χ0n) is 11.5. The summed E-state index contributed by atoms with van der Waals surface area (Å²) >= 11 is 0. The highest BCUT2D eigenvalue weighted by Gasteiger charge is 2.52. The highest BCUT2D eigenvalue weighted by molar-refractivity contribution is 5.94. The van der Waals surface area contributed by atoms with Gasteiger partial charge in [0.1, 0.15) is 5.41 Å². The van der Waals surface area contributed by atoms with E-state index in [1.54, 1.807) is 12.1 Å². The Morgan fingerprint density at radius 1 is 1.40 bits per heavy atom. The molecule has 1 fully saturated rings. The molecule has 1 saturated carbocycles. The van der Waals surface area contributed by atoms with Gasteiger partial charge in [-0.2, -0.15) is 5.26 Å². The second-order valence-corrected chi connectivity index (χ2v) is 6.01. The molecule has 1 aliphatic carbocycles. The molecule has 1 aromatic rings. The molecular weight excluding hydrogens is 256 g/mol. The van der Waals surface area contributed by atoms with E-state index in [1.165, 1.54) is 12.1 Å². The molecule has 0 radical (unpaired) electrons. The van der Waals surface area contributed by atoms with E-state index < -0.39 is 15.8 Å². The number of nitrogens with zero attached hydrogens (tertiary/aromatic N) is 2. The molecule has 20 heavy (non-hydrogen) atoms. The van der Waals surface area contributed by atoms with Crippen LogP contribution in [-0.4, -0.2) is 10.7 Å². The summed E-state index contributed by atoms with van der Waals surface area (Å²) in [5.41, 5.74) is -0.887.